The Kier molecular flexibility index (Phi) is 4.99. The summed E-state index contributed by atoms with van der Waals surface area (Å²) in [6.45, 7) is 8.62. The molecule has 0 aliphatic carbocycles. The Morgan fingerprint density at radius 2 is 1.85 bits per heavy atom. The highest BCUT2D eigenvalue weighted by atomic mass is 15.2. The van der Waals surface area contributed by atoms with Crippen LogP contribution in [0.4, 0.5) is 0 Å². The Morgan fingerprint density at radius 1 is 1.38 bits per heavy atom. The predicted molar refractivity (Wildman–Crippen MR) is 58.1 cm³/mol. The molecule has 0 rings (SSSR count). The third-order valence-corrected chi connectivity index (χ3v) is 2.84. The zero-order valence-electron chi connectivity index (χ0n) is 9.46. The minimum absolute atomic E-state index is 0.0948. The average molecular weight is 185 g/mol. The molecule has 0 heterocycles. The standard InChI is InChI=1S/C10H23N3/c1-6-9(10(11)12)13(5)8(4)7(2)3/h7-9H,6H2,1-5H3,(H3,11,12). The smallest absolute Gasteiger partial charge is 0.108 e. The van der Waals surface area contributed by atoms with E-state index in [9.17, 15) is 0 Å². The van der Waals surface area contributed by atoms with Gasteiger partial charge in [0.1, 0.15) is 5.84 Å². The number of nitrogens with zero attached hydrogens (tertiary/aromatic N) is 1. The van der Waals surface area contributed by atoms with Crippen LogP contribution in [-0.4, -0.2) is 29.9 Å². The summed E-state index contributed by atoms with van der Waals surface area (Å²) in [6.07, 6.45) is 0.906. The van der Waals surface area contributed by atoms with Crippen LogP contribution in [0, 0.1) is 11.3 Å². The second-order valence-corrected chi connectivity index (χ2v) is 4.03. The Hall–Kier alpha value is -0.570. The summed E-state index contributed by atoms with van der Waals surface area (Å²) in [5.41, 5.74) is 5.53. The van der Waals surface area contributed by atoms with Gasteiger partial charge in [0.2, 0.25) is 0 Å². The Balaban J connectivity index is 4.36. The van der Waals surface area contributed by atoms with Crippen molar-refractivity contribution in [3.8, 4) is 0 Å². The van der Waals surface area contributed by atoms with Crippen LogP contribution in [0.5, 0.6) is 0 Å². The van der Waals surface area contributed by atoms with Crippen molar-refractivity contribution in [2.45, 2.75) is 46.2 Å². The first-order valence-corrected chi connectivity index (χ1v) is 4.97. The van der Waals surface area contributed by atoms with E-state index in [1.165, 1.54) is 0 Å². The summed E-state index contributed by atoms with van der Waals surface area (Å²) >= 11 is 0. The van der Waals surface area contributed by atoms with Crippen molar-refractivity contribution in [3.63, 3.8) is 0 Å². The molecular weight excluding hydrogens is 162 g/mol. The average Bonchev–Trinajstić information content (AvgIpc) is 2.03. The summed E-state index contributed by atoms with van der Waals surface area (Å²) in [5, 5.41) is 7.45. The van der Waals surface area contributed by atoms with E-state index >= 15 is 0 Å². The Labute approximate surface area is 81.8 Å². The molecule has 0 spiro atoms. The third-order valence-electron chi connectivity index (χ3n) is 2.84. The first kappa shape index (κ1) is 12.4. The van der Waals surface area contributed by atoms with Crippen LogP contribution in [0.2, 0.25) is 0 Å². The van der Waals surface area contributed by atoms with Gasteiger partial charge in [-0.15, -0.1) is 0 Å². The largest absolute Gasteiger partial charge is 0.386 e. The predicted octanol–water partition coefficient (Wildman–Crippen LogP) is 1.68. The summed E-state index contributed by atoms with van der Waals surface area (Å²) in [6, 6.07) is 0.561. The van der Waals surface area contributed by atoms with E-state index < -0.39 is 0 Å². The molecule has 0 saturated heterocycles. The van der Waals surface area contributed by atoms with Crippen molar-refractivity contribution >= 4 is 5.84 Å². The van der Waals surface area contributed by atoms with Gasteiger partial charge in [0.05, 0.1) is 6.04 Å². The number of rotatable bonds is 5. The first-order chi connectivity index (χ1) is 5.91. The van der Waals surface area contributed by atoms with Crippen LogP contribution in [0.1, 0.15) is 34.1 Å². The summed E-state index contributed by atoms with van der Waals surface area (Å²) in [4.78, 5) is 2.19. The van der Waals surface area contributed by atoms with E-state index in [1.54, 1.807) is 0 Å². The van der Waals surface area contributed by atoms with E-state index in [0.717, 1.165) is 6.42 Å². The van der Waals surface area contributed by atoms with Crippen molar-refractivity contribution in [1.82, 2.24) is 4.90 Å². The molecule has 0 saturated carbocycles. The topological polar surface area (TPSA) is 53.1 Å². The molecule has 2 atom stereocenters. The molecule has 0 aromatic heterocycles. The van der Waals surface area contributed by atoms with Crippen LogP contribution in [0.3, 0.4) is 0 Å². The van der Waals surface area contributed by atoms with Crippen LogP contribution in [-0.2, 0) is 0 Å². The summed E-state index contributed by atoms with van der Waals surface area (Å²) in [5.74, 6) is 0.871. The zero-order valence-corrected chi connectivity index (χ0v) is 9.46. The highest BCUT2D eigenvalue weighted by Crippen LogP contribution is 2.13. The fourth-order valence-electron chi connectivity index (χ4n) is 1.48. The molecule has 3 heteroatoms. The lowest BCUT2D eigenvalue weighted by Crippen LogP contribution is -2.47. The van der Waals surface area contributed by atoms with Gasteiger partial charge in [-0.05, 0) is 26.3 Å². The molecule has 2 unspecified atom stereocenters. The van der Waals surface area contributed by atoms with E-state index in [-0.39, 0.29) is 11.9 Å². The molecular formula is C10H23N3. The van der Waals surface area contributed by atoms with Gasteiger partial charge >= 0.3 is 0 Å². The van der Waals surface area contributed by atoms with E-state index in [4.69, 9.17) is 11.1 Å². The molecule has 13 heavy (non-hydrogen) atoms. The second-order valence-electron chi connectivity index (χ2n) is 4.03. The van der Waals surface area contributed by atoms with Gasteiger partial charge in [0.15, 0.2) is 0 Å². The van der Waals surface area contributed by atoms with Crippen molar-refractivity contribution in [2.24, 2.45) is 11.7 Å². The molecule has 3 N–H and O–H groups in total. The van der Waals surface area contributed by atoms with Gasteiger partial charge < -0.3 is 5.73 Å². The van der Waals surface area contributed by atoms with Gasteiger partial charge in [-0.25, -0.2) is 0 Å². The van der Waals surface area contributed by atoms with Crippen molar-refractivity contribution in [2.75, 3.05) is 7.05 Å². The molecule has 0 radical (unpaired) electrons. The molecule has 0 aliphatic rings. The van der Waals surface area contributed by atoms with E-state index in [1.807, 2.05) is 7.05 Å². The molecule has 0 bridgehead atoms. The van der Waals surface area contributed by atoms with Crippen molar-refractivity contribution < 1.29 is 0 Å². The molecule has 0 aromatic rings. The number of amidine groups is 1. The normalized spacial score (nSPS) is 16.2. The molecule has 78 valence electrons. The second kappa shape index (κ2) is 5.22. The summed E-state index contributed by atoms with van der Waals surface area (Å²) < 4.78 is 0. The molecule has 0 amide bonds. The SMILES string of the molecule is CCC(C(=N)N)N(C)C(C)C(C)C. The Bertz CT molecular complexity index is 166. The highest BCUT2D eigenvalue weighted by molar-refractivity contribution is 5.82. The lowest BCUT2D eigenvalue weighted by Gasteiger charge is -2.34. The first-order valence-electron chi connectivity index (χ1n) is 4.97. The maximum atomic E-state index is 7.45. The molecule has 0 aromatic carbocycles. The van der Waals surface area contributed by atoms with Crippen LogP contribution in [0.15, 0.2) is 0 Å². The maximum absolute atomic E-state index is 7.45. The minimum Gasteiger partial charge on any atom is -0.386 e. The maximum Gasteiger partial charge on any atom is 0.108 e. The monoisotopic (exact) mass is 185 g/mol. The summed E-state index contributed by atoms with van der Waals surface area (Å²) in [7, 11) is 2.04. The quantitative estimate of drug-likeness (QED) is 0.506. The van der Waals surface area contributed by atoms with E-state index in [0.29, 0.717) is 12.0 Å². The fourth-order valence-corrected chi connectivity index (χ4v) is 1.48. The van der Waals surface area contributed by atoms with Gasteiger partial charge in [0, 0.05) is 6.04 Å². The van der Waals surface area contributed by atoms with Gasteiger partial charge in [-0.1, -0.05) is 20.8 Å². The molecule has 0 fully saturated rings. The fraction of sp³-hybridized carbons (Fsp3) is 0.900. The number of hydrogen-bond donors (Lipinski definition) is 2. The Morgan fingerprint density at radius 3 is 2.08 bits per heavy atom. The molecule has 0 aliphatic heterocycles. The highest BCUT2D eigenvalue weighted by Gasteiger charge is 2.22. The van der Waals surface area contributed by atoms with Crippen molar-refractivity contribution in [1.29, 1.82) is 5.41 Å². The lowest BCUT2D eigenvalue weighted by atomic mass is 10.0. The lowest BCUT2D eigenvalue weighted by molar-refractivity contribution is 0.179. The number of nitrogens with one attached hydrogen (secondary N) is 1. The third kappa shape index (κ3) is 3.35. The molecule has 3 nitrogen and oxygen atoms in total. The minimum atomic E-state index is 0.0948. The number of nitrogens with two attached hydrogens (primary N) is 1. The van der Waals surface area contributed by atoms with Gasteiger partial charge in [-0.2, -0.15) is 0 Å². The van der Waals surface area contributed by atoms with Crippen LogP contribution < -0.4 is 5.73 Å². The number of hydrogen-bond acceptors (Lipinski definition) is 2. The zero-order chi connectivity index (χ0) is 10.6. The number of likely N-dealkylation sites (N-methyl/N-ethyl adjacent to an activating group) is 1. The van der Waals surface area contributed by atoms with E-state index in [2.05, 4.69) is 32.6 Å². The van der Waals surface area contributed by atoms with Gasteiger partial charge in [-0.3, -0.25) is 10.3 Å². The van der Waals surface area contributed by atoms with Gasteiger partial charge in [0.25, 0.3) is 0 Å². The van der Waals surface area contributed by atoms with Crippen LogP contribution in [0.25, 0.3) is 0 Å². The van der Waals surface area contributed by atoms with Crippen LogP contribution >= 0.6 is 0 Å². The van der Waals surface area contributed by atoms with Crippen molar-refractivity contribution in [3.05, 3.63) is 0 Å².